The summed E-state index contributed by atoms with van der Waals surface area (Å²) in [7, 11) is 0. The van der Waals surface area contributed by atoms with Gasteiger partial charge >= 0.3 is 0 Å². The molecule has 0 saturated carbocycles. The average Bonchev–Trinajstić information content (AvgIpc) is 2.40. The number of nitrogens with one attached hydrogen (secondary N) is 2. The highest BCUT2D eigenvalue weighted by atomic mass is 32.2. The standard InChI is InChI=1S/C17H36N4S2/c1-16(2,3)20-14(22-7)18-12-10-9-11-13-19-15(23-8)21-17(4,5)6/h9-13H2,1-8H3,(H,18,20)(H,19,21). The Bertz CT molecular complexity index is 343. The van der Waals surface area contributed by atoms with Crippen LogP contribution >= 0.6 is 23.5 Å². The van der Waals surface area contributed by atoms with Gasteiger partial charge in [-0.15, -0.1) is 0 Å². The van der Waals surface area contributed by atoms with Crippen LogP contribution in [0.1, 0.15) is 60.8 Å². The number of hydrogen-bond acceptors (Lipinski definition) is 4. The fourth-order valence-corrected chi connectivity index (χ4v) is 2.97. The average molecular weight is 361 g/mol. The van der Waals surface area contributed by atoms with Gasteiger partial charge in [0.15, 0.2) is 10.3 Å². The highest BCUT2D eigenvalue weighted by Gasteiger charge is 2.11. The third kappa shape index (κ3) is 14.9. The summed E-state index contributed by atoms with van der Waals surface area (Å²) in [4.78, 5) is 9.28. The largest absolute Gasteiger partial charge is 0.360 e. The van der Waals surface area contributed by atoms with Gasteiger partial charge in [0.1, 0.15) is 0 Å². The first-order valence-corrected chi connectivity index (χ1v) is 10.8. The van der Waals surface area contributed by atoms with Crippen molar-refractivity contribution in [3.8, 4) is 0 Å². The minimum Gasteiger partial charge on any atom is -0.360 e. The lowest BCUT2D eigenvalue weighted by Crippen LogP contribution is -2.39. The first-order valence-electron chi connectivity index (χ1n) is 8.30. The molecule has 4 nitrogen and oxygen atoms in total. The predicted octanol–water partition coefficient (Wildman–Crippen LogP) is 4.37. The van der Waals surface area contributed by atoms with Crippen molar-refractivity contribution in [1.29, 1.82) is 0 Å². The van der Waals surface area contributed by atoms with Gasteiger partial charge in [-0.1, -0.05) is 23.5 Å². The van der Waals surface area contributed by atoms with Gasteiger partial charge in [-0.3, -0.25) is 9.98 Å². The van der Waals surface area contributed by atoms with Gasteiger partial charge in [0.2, 0.25) is 0 Å². The van der Waals surface area contributed by atoms with Crippen molar-refractivity contribution in [3.05, 3.63) is 0 Å². The minimum absolute atomic E-state index is 0.0742. The van der Waals surface area contributed by atoms with Crippen molar-refractivity contribution in [2.24, 2.45) is 9.98 Å². The lowest BCUT2D eigenvalue weighted by Gasteiger charge is -2.22. The third-order valence-corrected chi connectivity index (χ3v) is 3.91. The summed E-state index contributed by atoms with van der Waals surface area (Å²) >= 11 is 3.37. The van der Waals surface area contributed by atoms with Crippen LogP contribution in [0, 0.1) is 0 Å². The Morgan fingerprint density at radius 3 is 1.30 bits per heavy atom. The van der Waals surface area contributed by atoms with Crippen LogP contribution in [-0.2, 0) is 0 Å². The molecule has 0 aromatic carbocycles. The molecule has 2 N–H and O–H groups in total. The Morgan fingerprint density at radius 2 is 1.04 bits per heavy atom. The Labute approximate surface area is 152 Å². The number of hydrogen-bond donors (Lipinski definition) is 2. The number of rotatable bonds is 6. The molecule has 0 fully saturated rings. The van der Waals surface area contributed by atoms with E-state index in [0.717, 1.165) is 36.3 Å². The molecular formula is C17H36N4S2. The Kier molecular flexibility index (Phi) is 11.1. The molecule has 0 rings (SSSR count). The predicted molar refractivity (Wildman–Crippen MR) is 111 cm³/mol. The summed E-state index contributed by atoms with van der Waals surface area (Å²) in [5, 5.41) is 8.94. The summed E-state index contributed by atoms with van der Waals surface area (Å²) in [6, 6.07) is 0. The molecule has 136 valence electrons. The van der Waals surface area contributed by atoms with E-state index in [1.54, 1.807) is 23.5 Å². The van der Waals surface area contributed by atoms with Crippen LogP contribution in [0.4, 0.5) is 0 Å². The normalized spacial score (nSPS) is 14.1. The Morgan fingerprint density at radius 1 is 0.696 bits per heavy atom. The van der Waals surface area contributed by atoms with Crippen LogP contribution in [0.5, 0.6) is 0 Å². The molecule has 0 aromatic heterocycles. The molecule has 0 heterocycles. The van der Waals surface area contributed by atoms with E-state index >= 15 is 0 Å². The van der Waals surface area contributed by atoms with E-state index in [1.807, 2.05) is 0 Å². The first kappa shape index (κ1) is 22.6. The zero-order chi connectivity index (χ0) is 17.9. The topological polar surface area (TPSA) is 48.8 Å². The minimum atomic E-state index is 0.0742. The van der Waals surface area contributed by atoms with Gasteiger partial charge in [0.05, 0.1) is 0 Å². The molecule has 0 aliphatic rings. The van der Waals surface area contributed by atoms with Crippen molar-refractivity contribution in [3.63, 3.8) is 0 Å². The van der Waals surface area contributed by atoms with Gasteiger partial charge in [-0.25, -0.2) is 0 Å². The van der Waals surface area contributed by atoms with Crippen LogP contribution in [0.15, 0.2) is 9.98 Å². The molecule has 0 unspecified atom stereocenters. The van der Waals surface area contributed by atoms with Crippen molar-refractivity contribution in [1.82, 2.24) is 10.6 Å². The smallest absolute Gasteiger partial charge is 0.156 e. The summed E-state index contributed by atoms with van der Waals surface area (Å²) in [5.41, 5.74) is 0.148. The fraction of sp³-hybridized carbons (Fsp3) is 0.882. The lowest BCUT2D eigenvalue weighted by molar-refractivity contribution is 0.514. The van der Waals surface area contributed by atoms with Crippen LogP contribution < -0.4 is 10.6 Å². The molecule has 23 heavy (non-hydrogen) atoms. The molecule has 0 spiro atoms. The van der Waals surface area contributed by atoms with E-state index in [1.165, 1.54) is 6.42 Å². The monoisotopic (exact) mass is 360 g/mol. The summed E-state index contributed by atoms with van der Waals surface area (Å²) in [6.07, 6.45) is 7.54. The van der Waals surface area contributed by atoms with Crippen LogP contribution in [0.2, 0.25) is 0 Å². The van der Waals surface area contributed by atoms with Gasteiger partial charge in [0.25, 0.3) is 0 Å². The van der Waals surface area contributed by atoms with Crippen LogP contribution in [0.25, 0.3) is 0 Å². The van der Waals surface area contributed by atoms with Crippen molar-refractivity contribution < 1.29 is 0 Å². The number of thioether (sulfide) groups is 2. The van der Waals surface area contributed by atoms with E-state index in [0.29, 0.717) is 0 Å². The summed E-state index contributed by atoms with van der Waals surface area (Å²) in [6.45, 7) is 14.7. The number of unbranched alkanes of at least 4 members (excludes halogenated alkanes) is 2. The van der Waals surface area contributed by atoms with Crippen LogP contribution in [-0.4, -0.2) is 47.0 Å². The third-order valence-electron chi connectivity index (χ3n) is 2.68. The molecule has 0 aromatic rings. The molecule has 6 heteroatoms. The van der Waals surface area contributed by atoms with Gasteiger partial charge in [0, 0.05) is 24.2 Å². The van der Waals surface area contributed by atoms with E-state index in [2.05, 4.69) is 74.7 Å². The zero-order valence-corrected chi connectivity index (χ0v) is 17.9. The Balaban J connectivity index is 3.99. The molecule has 0 radical (unpaired) electrons. The number of aliphatic imine (C=N–C) groups is 2. The van der Waals surface area contributed by atoms with Crippen molar-refractivity contribution in [2.75, 3.05) is 25.6 Å². The maximum absolute atomic E-state index is 4.64. The quantitative estimate of drug-likeness (QED) is 0.419. The highest BCUT2D eigenvalue weighted by Crippen LogP contribution is 2.07. The number of nitrogens with zero attached hydrogens (tertiary/aromatic N) is 2. The molecule has 0 bridgehead atoms. The van der Waals surface area contributed by atoms with E-state index < -0.39 is 0 Å². The van der Waals surface area contributed by atoms with E-state index in [-0.39, 0.29) is 11.1 Å². The van der Waals surface area contributed by atoms with E-state index in [9.17, 15) is 0 Å². The van der Waals surface area contributed by atoms with Gasteiger partial charge in [-0.05, 0) is 73.3 Å². The molecule has 0 saturated heterocycles. The second-order valence-electron chi connectivity index (χ2n) is 7.59. The first-order chi connectivity index (χ1) is 10.6. The maximum atomic E-state index is 4.64. The van der Waals surface area contributed by atoms with Crippen molar-refractivity contribution in [2.45, 2.75) is 71.9 Å². The SMILES string of the molecule is CSC(=NCCCCCN=C(NC(C)(C)C)SC)NC(C)(C)C. The van der Waals surface area contributed by atoms with Crippen molar-refractivity contribution >= 4 is 33.9 Å². The van der Waals surface area contributed by atoms with E-state index in [4.69, 9.17) is 0 Å². The number of amidine groups is 2. The van der Waals surface area contributed by atoms with Gasteiger partial charge < -0.3 is 10.6 Å². The molecule has 0 amide bonds. The maximum Gasteiger partial charge on any atom is 0.156 e. The van der Waals surface area contributed by atoms with Crippen LogP contribution in [0.3, 0.4) is 0 Å². The highest BCUT2D eigenvalue weighted by molar-refractivity contribution is 8.13. The Hall–Kier alpha value is -0.360. The van der Waals surface area contributed by atoms with Gasteiger partial charge in [-0.2, -0.15) is 0 Å². The summed E-state index contributed by atoms with van der Waals surface area (Å²) < 4.78 is 0. The summed E-state index contributed by atoms with van der Waals surface area (Å²) in [5.74, 6) is 0. The molecular weight excluding hydrogens is 324 g/mol. The molecule has 0 atom stereocenters. The lowest BCUT2D eigenvalue weighted by atomic mass is 10.1. The second-order valence-corrected chi connectivity index (χ2v) is 9.18. The molecule has 0 aliphatic carbocycles. The second kappa shape index (κ2) is 11.2. The fourth-order valence-electron chi connectivity index (χ4n) is 1.71. The zero-order valence-electron chi connectivity index (χ0n) is 16.2. The molecule has 0 aliphatic heterocycles.